The molecule has 3 heteroatoms. The lowest BCUT2D eigenvalue weighted by Gasteiger charge is -2.27. The summed E-state index contributed by atoms with van der Waals surface area (Å²) < 4.78 is 0.0677. The van der Waals surface area contributed by atoms with E-state index in [0.29, 0.717) is 0 Å². The summed E-state index contributed by atoms with van der Waals surface area (Å²) in [6.07, 6.45) is 2.19. The van der Waals surface area contributed by atoms with Crippen LogP contribution in [0.15, 0.2) is 0 Å². The maximum atomic E-state index is 10.7. The van der Waals surface area contributed by atoms with Crippen molar-refractivity contribution < 1.29 is 4.79 Å². The van der Waals surface area contributed by atoms with Crippen LogP contribution in [-0.4, -0.2) is 29.4 Å². The topological polar surface area (TPSA) is 29.1 Å². The minimum atomic E-state index is 0.0231. The molecule has 0 aliphatic carbocycles. The number of rotatable bonds is 1. The molecule has 0 amide bonds. The Morgan fingerprint density at radius 1 is 1.64 bits per heavy atom. The molecule has 1 heterocycles. The smallest absolute Gasteiger partial charge is 0.138 e. The highest BCUT2D eigenvalue weighted by molar-refractivity contribution is 8.00. The van der Waals surface area contributed by atoms with Crippen LogP contribution < -0.4 is 5.32 Å². The third kappa shape index (κ3) is 2.20. The van der Waals surface area contributed by atoms with Crippen LogP contribution in [0.1, 0.15) is 20.3 Å². The summed E-state index contributed by atoms with van der Waals surface area (Å²) in [4.78, 5) is 10.7. The molecule has 1 saturated heterocycles. The minimum absolute atomic E-state index is 0.0231. The summed E-state index contributed by atoms with van der Waals surface area (Å²) in [5.41, 5.74) is 0. The van der Waals surface area contributed by atoms with Crippen LogP contribution in [0.3, 0.4) is 0 Å². The van der Waals surface area contributed by atoms with Crippen molar-refractivity contribution in [2.24, 2.45) is 0 Å². The summed E-state index contributed by atoms with van der Waals surface area (Å²) in [6.45, 7) is 5.21. The Kier molecular flexibility index (Phi) is 2.96. The van der Waals surface area contributed by atoms with Crippen LogP contribution in [0.2, 0.25) is 0 Å². The summed E-state index contributed by atoms with van der Waals surface area (Å²) >= 11 is 1.88. The summed E-state index contributed by atoms with van der Waals surface area (Å²) in [7, 11) is 0. The van der Waals surface area contributed by atoms with Gasteiger partial charge in [-0.25, -0.2) is 0 Å². The fraction of sp³-hybridized carbons (Fsp3) is 0.875. The number of hydrogen-bond donors (Lipinski definition) is 1. The molecule has 0 spiro atoms. The normalized spacial score (nSPS) is 30.9. The van der Waals surface area contributed by atoms with Crippen molar-refractivity contribution in [3.05, 3.63) is 0 Å². The van der Waals surface area contributed by atoms with Gasteiger partial charge < -0.3 is 10.1 Å². The number of hydrogen-bond acceptors (Lipinski definition) is 3. The Morgan fingerprint density at radius 2 is 2.36 bits per heavy atom. The number of nitrogens with one attached hydrogen (secondary N) is 1. The first kappa shape index (κ1) is 9.07. The number of carbonyl (C=O) groups is 1. The van der Waals surface area contributed by atoms with Gasteiger partial charge in [-0.2, -0.15) is 11.8 Å². The van der Waals surface area contributed by atoms with Gasteiger partial charge in [-0.3, -0.25) is 0 Å². The fourth-order valence-corrected chi connectivity index (χ4v) is 2.35. The quantitative estimate of drug-likeness (QED) is 0.601. The second kappa shape index (κ2) is 3.59. The molecule has 0 aromatic rings. The van der Waals surface area contributed by atoms with E-state index in [4.69, 9.17) is 0 Å². The van der Waals surface area contributed by atoms with Crippen LogP contribution in [0.25, 0.3) is 0 Å². The van der Waals surface area contributed by atoms with Crippen LogP contribution >= 0.6 is 11.8 Å². The zero-order chi connectivity index (χ0) is 8.32. The van der Waals surface area contributed by atoms with Gasteiger partial charge in [0, 0.05) is 4.75 Å². The Bertz CT molecular complexity index is 147. The summed E-state index contributed by atoms with van der Waals surface area (Å²) in [5.74, 6) is 1.16. The first-order valence-electron chi connectivity index (χ1n) is 3.99. The lowest BCUT2D eigenvalue weighted by Crippen LogP contribution is -2.44. The van der Waals surface area contributed by atoms with Crippen molar-refractivity contribution in [1.82, 2.24) is 5.32 Å². The lowest BCUT2D eigenvalue weighted by molar-refractivity contribution is -0.110. The first-order chi connectivity index (χ1) is 5.17. The van der Waals surface area contributed by atoms with E-state index in [1.807, 2.05) is 11.8 Å². The van der Waals surface area contributed by atoms with Crippen molar-refractivity contribution >= 4 is 18.0 Å². The molecule has 1 rings (SSSR count). The largest absolute Gasteiger partial charge is 0.307 e. The van der Waals surface area contributed by atoms with Gasteiger partial charge in [-0.05, 0) is 32.6 Å². The third-order valence-corrected chi connectivity index (χ3v) is 3.54. The highest BCUT2D eigenvalue weighted by Crippen LogP contribution is 2.29. The molecule has 64 valence electrons. The molecule has 0 radical (unpaired) electrons. The van der Waals surface area contributed by atoms with E-state index in [2.05, 4.69) is 19.2 Å². The van der Waals surface area contributed by atoms with Crippen LogP contribution in [0, 0.1) is 0 Å². The molecule has 0 aromatic heterocycles. The van der Waals surface area contributed by atoms with Gasteiger partial charge in [0.1, 0.15) is 6.29 Å². The zero-order valence-electron chi connectivity index (χ0n) is 7.09. The van der Waals surface area contributed by atoms with Crippen molar-refractivity contribution in [3.8, 4) is 0 Å². The van der Waals surface area contributed by atoms with Gasteiger partial charge in [-0.15, -0.1) is 0 Å². The van der Waals surface area contributed by atoms with Crippen LogP contribution in [-0.2, 0) is 4.79 Å². The van der Waals surface area contributed by atoms with E-state index in [0.717, 1.165) is 18.6 Å². The van der Waals surface area contributed by atoms with Crippen LogP contribution in [0.4, 0.5) is 0 Å². The van der Waals surface area contributed by atoms with Gasteiger partial charge in [0.15, 0.2) is 0 Å². The molecular weight excluding hydrogens is 158 g/mol. The molecule has 1 N–H and O–H groups in total. The molecular formula is C8H15NOS. The number of aldehydes is 1. The van der Waals surface area contributed by atoms with Crippen LogP contribution in [0.5, 0.6) is 0 Å². The maximum Gasteiger partial charge on any atom is 0.138 e. The Balaban J connectivity index is 2.63. The van der Waals surface area contributed by atoms with Gasteiger partial charge in [-0.1, -0.05) is 0 Å². The van der Waals surface area contributed by atoms with Crippen molar-refractivity contribution in [2.75, 3.05) is 12.3 Å². The third-order valence-electron chi connectivity index (χ3n) is 2.04. The standard InChI is InChI=1S/C8H15NOS/c1-8(2)7(6-10)9-4-3-5-11-8/h6-7,9H,3-5H2,1-2H3. The van der Waals surface area contributed by atoms with E-state index in [-0.39, 0.29) is 10.8 Å². The molecule has 1 fully saturated rings. The fourth-order valence-electron chi connectivity index (χ4n) is 1.21. The van der Waals surface area contributed by atoms with Gasteiger partial charge in [0.05, 0.1) is 6.04 Å². The predicted molar refractivity (Wildman–Crippen MR) is 49.0 cm³/mol. The van der Waals surface area contributed by atoms with Gasteiger partial charge in [0.25, 0.3) is 0 Å². The molecule has 1 atom stereocenters. The second-order valence-corrected chi connectivity index (χ2v) is 5.12. The molecule has 11 heavy (non-hydrogen) atoms. The maximum absolute atomic E-state index is 10.7. The Hall–Kier alpha value is -0.0200. The van der Waals surface area contributed by atoms with Crippen molar-refractivity contribution in [2.45, 2.75) is 31.1 Å². The number of carbonyl (C=O) groups excluding carboxylic acids is 1. The molecule has 0 saturated carbocycles. The van der Waals surface area contributed by atoms with E-state index in [9.17, 15) is 4.79 Å². The minimum Gasteiger partial charge on any atom is -0.307 e. The van der Waals surface area contributed by atoms with Crippen molar-refractivity contribution in [3.63, 3.8) is 0 Å². The molecule has 1 aliphatic rings. The van der Waals surface area contributed by atoms with Gasteiger partial charge in [0.2, 0.25) is 0 Å². The SMILES string of the molecule is CC1(C)SCCCNC1C=O. The summed E-state index contributed by atoms with van der Waals surface area (Å²) in [6, 6.07) is 0.0231. The first-order valence-corrected chi connectivity index (χ1v) is 4.98. The second-order valence-electron chi connectivity index (χ2n) is 3.37. The molecule has 0 aromatic carbocycles. The number of thioether (sulfide) groups is 1. The van der Waals surface area contributed by atoms with Gasteiger partial charge >= 0.3 is 0 Å². The highest BCUT2D eigenvalue weighted by Gasteiger charge is 2.30. The Morgan fingerprint density at radius 3 is 3.00 bits per heavy atom. The molecule has 1 unspecified atom stereocenters. The van der Waals surface area contributed by atoms with E-state index in [1.165, 1.54) is 6.42 Å². The average molecular weight is 173 g/mol. The molecule has 2 nitrogen and oxygen atoms in total. The predicted octanol–water partition coefficient (Wildman–Crippen LogP) is 1.06. The Labute approximate surface area is 72.1 Å². The zero-order valence-corrected chi connectivity index (χ0v) is 7.91. The molecule has 0 bridgehead atoms. The van der Waals surface area contributed by atoms with E-state index >= 15 is 0 Å². The average Bonchev–Trinajstić information content (AvgIpc) is 2.10. The highest BCUT2D eigenvalue weighted by atomic mass is 32.2. The van der Waals surface area contributed by atoms with Crippen molar-refractivity contribution in [1.29, 1.82) is 0 Å². The van der Waals surface area contributed by atoms with E-state index in [1.54, 1.807) is 0 Å². The van der Waals surface area contributed by atoms with E-state index < -0.39 is 0 Å². The monoisotopic (exact) mass is 173 g/mol. The molecule has 1 aliphatic heterocycles. The summed E-state index contributed by atoms with van der Waals surface area (Å²) in [5, 5.41) is 3.23. The lowest BCUT2D eigenvalue weighted by atomic mass is 10.1.